The zero-order valence-corrected chi connectivity index (χ0v) is 12.7. The quantitative estimate of drug-likeness (QED) is 0.905. The molecule has 0 aliphatic carbocycles. The molecule has 1 unspecified atom stereocenters. The van der Waals surface area contributed by atoms with Crippen molar-refractivity contribution in [3.8, 4) is 5.75 Å². The summed E-state index contributed by atoms with van der Waals surface area (Å²) in [5, 5.41) is 11.4. The van der Waals surface area contributed by atoms with Crippen LogP contribution in [0.1, 0.15) is 31.9 Å². The molecule has 3 heteroatoms. The monoisotopic (exact) mass is 290 g/mol. The summed E-state index contributed by atoms with van der Waals surface area (Å²) in [6, 6.07) is 14.8. The minimum absolute atomic E-state index is 0.0931. The smallest absolute Gasteiger partial charge is 0.120 e. The van der Waals surface area contributed by atoms with Crippen LogP contribution in [0.5, 0.6) is 5.75 Å². The van der Waals surface area contributed by atoms with Gasteiger partial charge in [-0.3, -0.25) is 0 Å². The first kappa shape index (κ1) is 14.9. The molecule has 0 heterocycles. The van der Waals surface area contributed by atoms with E-state index >= 15 is 0 Å². The van der Waals surface area contributed by atoms with Crippen molar-refractivity contribution in [2.24, 2.45) is 0 Å². The Hall–Kier alpha value is -1.51. The average molecular weight is 291 g/mol. The zero-order chi connectivity index (χ0) is 14.8. The van der Waals surface area contributed by atoms with E-state index < -0.39 is 5.60 Å². The van der Waals surface area contributed by atoms with Gasteiger partial charge in [0.1, 0.15) is 11.4 Å². The highest BCUT2D eigenvalue weighted by Crippen LogP contribution is 2.35. The van der Waals surface area contributed by atoms with Gasteiger partial charge < -0.3 is 9.84 Å². The summed E-state index contributed by atoms with van der Waals surface area (Å²) in [5.41, 5.74) is 0.279. The van der Waals surface area contributed by atoms with Gasteiger partial charge in [0, 0.05) is 10.6 Å². The summed E-state index contributed by atoms with van der Waals surface area (Å²) in [7, 11) is 0. The number of hydrogen-bond donors (Lipinski definition) is 1. The predicted molar refractivity (Wildman–Crippen MR) is 82.3 cm³/mol. The first-order valence-electron chi connectivity index (χ1n) is 6.66. The van der Waals surface area contributed by atoms with Crippen molar-refractivity contribution < 1.29 is 9.84 Å². The lowest BCUT2D eigenvalue weighted by Gasteiger charge is -2.26. The predicted octanol–water partition coefficient (Wildman–Crippen LogP) is 4.38. The second-order valence-corrected chi connectivity index (χ2v) is 5.65. The SMILES string of the molecule is CC(C)Oc1cccc(C(C)(O)c2ccccc2Cl)c1. The van der Waals surface area contributed by atoms with Gasteiger partial charge in [-0.25, -0.2) is 0 Å². The second-order valence-electron chi connectivity index (χ2n) is 5.25. The minimum Gasteiger partial charge on any atom is -0.491 e. The number of hydrogen-bond acceptors (Lipinski definition) is 2. The van der Waals surface area contributed by atoms with Crippen LogP contribution < -0.4 is 4.74 Å². The van der Waals surface area contributed by atoms with Crippen molar-refractivity contribution in [2.45, 2.75) is 32.5 Å². The molecule has 1 N–H and O–H groups in total. The fourth-order valence-electron chi connectivity index (χ4n) is 2.16. The van der Waals surface area contributed by atoms with Gasteiger partial charge in [0.2, 0.25) is 0 Å². The van der Waals surface area contributed by atoms with Crippen molar-refractivity contribution in [1.29, 1.82) is 0 Å². The fourth-order valence-corrected chi connectivity index (χ4v) is 2.48. The molecule has 0 fully saturated rings. The Bertz CT molecular complexity index is 591. The summed E-state index contributed by atoms with van der Waals surface area (Å²) in [6.45, 7) is 5.68. The summed E-state index contributed by atoms with van der Waals surface area (Å²) in [6.07, 6.45) is 0.0931. The van der Waals surface area contributed by atoms with Crippen molar-refractivity contribution in [2.75, 3.05) is 0 Å². The largest absolute Gasteiger partial charge is 0.491 e. The van der Waals surface area contributed by atoms with Crippen LogP contribution in [0.3, 0.4) is 0 Å². The van der Waals surface area contributed by atoms with E-state index in [1.54, 1.807) is 13.0 Å². The summed E-state index contributed by atoms with van der Waals surface area (Å²) in [4.78, 5) is 0. The number of benzene rings is 2. The maximum absolute atomic E-state index is 10.9. The van der Waals surface area contributed by atoms with E-state index in [9.17, 15) is 5.11 Å². The highest BCUT2D eigenvalue weighted by Gasteiger charge is 2.28. The Morgan fingerprint density at radius 1 is 1.10 bits per heavy atom. The first-order valence-corrected chi connectivity index (χ1v) is 7.03. The summed E-state index contributed by atoms with van der Waals surface area (Å²) in [5.74, 6) is 0.741. The normalized spacial score (nSPS) is 14.1. The first-order chi connectivity index (χ1) is 9.41. The van der Waals surface area contributed by atoms with Gasteiger partial charge in [0.15, 0.2) is 0 Å². The Morgan fingerprint density at radius 3 is 2.45 bits per heavy atom. The molecule has 2 aromatic rings. The van der Waals surface area contributed by atoms with E-state index in [1.165, 1.54) is 0 Å². The van der Waals surface area contributed by atoms with Crippen LogP contribution in [0.2, 0.25) is 5.02 Å². The zero-order valence-electron chi connectivity index (χ0n) is 11.9. The minimum atomic E-state index is -1.16. The molecule has 2 rings (SSSR count). The third-order valence-electron chi connectivity index (χ3n) is 3.17. The lowest BCUT2D eigenvalue weighted by molar-refractivity contribution is 0.102. The third kappa shape index (κ3) is 3.14. The highest BCUT2D eigenvalue weighted by atomic mass is 35.5. The maximum Gasteiger partial charge on any atom is 0.120 e. The average Bonchev–Trinajstić information content (AvgIpc) is 2.38. The molecule has 106 valence electrons. The molecule has 0 aromatic heterocycles. The molecular formula is C17H19ClO2. The highest BCUT2D eigenvalue weighted by molar-refractivity contribution is 6.31. The fraction of sp³-hybridized carbons (Fsp3) is 0.294. The van der Waals surface area contributed by atoms with Crippen molar-refractivity contribution in [3.63, 3.8) is 0 Å². The number of ether oxygens (including phenoxy) is 1. The van der Waals surface area contributed by atoms with E-state index in [-0.39, 0.29) is 6.10 Å². The summed E-state index contributed by atoms with van der Waals surface area (Å²) < 4.78 is 5.67. The Kier molecular flexibility index (Phi) is 4.36. The molecule has 0 amide bonds. The van der Waals surface area contributed by atoms with Gasteiger partial charge in [-0.2, -0.15) is 0 Å². The second kappa shape index (κ2) is 5.86. The number of aliphatic hydroxyl groups is 1. The van der Waals surface area contributed by atoms with Crippen LogP contribution >= 0.6 is 11.6 Å². The Balaban J connectivity index is 2.41. The molecule has 1 atom stereocenters. The van der Waals surface area contributed by atoms with Gasteiger partial charge >= 0.3 is 0 Å². The van der Waals surface area contributed by atoms with E-state index in [1.807, 2.05) is 56.3 Å². The number of rotatable bonds is 4. The van der Waals surface area contributed by atoms with E-state index in [4.69, 9.17) is 16.3 Å². The van der Waals surface area contributed by atoms with Crippen molar-refractivity contribution >= 4 is 11.6 Å². The van der Waals surface area contributed by atoms with Crippen LogP contribution in [-0.2, 0) is 5.60 Å². The van der Waals surface area contributed by atoms with Crippen LogP contribution in [0.4, 0.5) is 0 Å². The number of halogens is 1. The Labute approximate surface area is 125 Å². The molecule has 0 spiro atoms. The molecular weight excluding hydrogens is 272 g/mol. The molecule has 20 heavy (non-hydrogen) atoms. The van der Waals surface area contributed by atoms with Gasteiger partial charge in [-0.15, -0.1) is 0 Å². The van der Waals surface area contributed by atoms with Gasteiger partial charge in [-0.1, -0.05) is 41.9 Å². The van der Waals surface area contributed by atoms with Crippen LogP contribution in [-0.4, -0.2) is 11.2 Å². The molecule has 0 saturated heterocycles. The van der Waals surface area contributed by atoms with E-state index in [0.29, 0.717) is 10.6 Å². The van der Waals surface area contributed by atoms with Crippen LogP contribution in [0, 0.1) is 0 Å². The van der Waals surface area contributed by atoms with Crippen LogP contribution in [0.15, 0.2) is 48.5 Å². The molecule has 0 aliphatic rings. The lowest BCUT2D eigenvalue weighted by Crippen LogP contribution is -2.23. The topological polar surface area (TPSA) is 29.5 Å². The lowest BCUT2D eigenvalue weighted by atomic mass is 9.88. The van der Waals surface area contributed by atoms with Gasteiger partial charge in [-0.05, 0) is 44.5 Å². The molecule has 0 bridgehead atoms. The van der Waals surface area contributed by atoms with E-state index in [0.717, 1.165) is 11.3 Å². The molecule has 0 aliphatic heterocycles. The van der Waals surface area contributed by atoms with E-state index in [2.05, 4.69) is 0 Å². The van der Waals surface area contributed by atoms with Gasteiger partial charge in [0.05, 0.1) is 6.10 Å². The van der Waals surface area contributed by atoms with Crippen molar-refractivity contribution in [3.05, 3.63) is 64.7 Å². The summed E-state index contributed by atoms with van der Waals surface area (Å²) >= 11 is 6.19. The molecule has 2 aromatic carbocycles. The van der Waals surface area contributed by atoms with Crippen molar-refractivity contribution in [1.82, 2.24) is 0 Å². The Morgan fingerprint density at radius 2 is 1.80 bits per heavy atom. The molecule has 0 saturated carbocycles. The molecule has 0 radical (unpaired) electrons. The maximum atomic E-state index is 10.9. The third-order valence-corrected chi connectivity index (χ3v) is 3.50. The standard InChI is InChI=1S/C17H19ClO2/c1-12(2)20-14-8-6-7-13(11-14)17(3,19)15-9-4-5-10-16(15)18/h4-12,19H,1-3H3. The van der Waals surface area contributed by atoms with Crippen LogP contribution in [0.25, 0.3) is 0 Å². The molecule has 2 nitrogen and oxygen atoms in total. The van der Waals surface area contributed by atoms with Gasteiger partial charge in [0.25, 0.3) is 0 Å².